The Morgan fingerprint density at radius 1 is 0.875 bits per heavy atom. The molecule has 2 atom stereocenters. The molecule has 120 valence electrons. The van der Waals surface area contributed by atoms with Gasteiger partial charge in [0, 0.05) is 0 Å². The van der Waals surface area contributed by atoms with E-state index in [1.807, 2.05) is 63.2 Å². The van der Waals surface area contributed by atoms with E-state index < -0.39 is 12.0 Å². The summed E-state index contributed by atoms with van der Waals surface area (Å²) >= 11 is 0. The minimum absolute atomic E-state index is 0.588. The van der Waals surface area contributed by atoms with Crippen LogP contribution in [0.4, 0.5) is 0 Å². The fourth-order valence-corrected chi connectivity index (χ4v) is 3.55. The lowest BCUT2D eigenvalue weighted by molar-refractivity contribution is 0.163. The Labute approximate surface area is 143 Å². The molecule has 0 aliphatic rings. The summed E-state index contributed by atoms with van der Waals surface area (Å²) in [4.78, 5) is 0. The van der Waals surface area contributed by atoms with Crippen LogP contribution < -0.4 is 0 Å². The number of aliphatic hydroxyl groups is 1. The van der Waals surface area contributed by atoms with Crippen molar-refractivity contribution in [1.29, 1.82) is 5.26 Å². The van der Waals surface area contributed by atoms with Crippen LogP contribution in [-0.4, -0.2) is 5.11 Å². The average molecular weight is 315 g/mol. The van der Waals surface area contributed by atoms with Gasteiger partial charge in [0.25, 0.3) is 0 Å². The number of hydrogen-bond acceptors (Lipinski definition) is 2. The zero-order valence-electron chi connectivity index (χ0n) is 14.2. The summed E-state index contributed by atoms with van der Waals surface area (Å²) in [6.07, 6.45) is -0.836. The van der Waals surface area contributed by atoms with Gasteiger partial charge in [0.2, 0.25) is 0 Å². The highest BCUT2D eigenvalue weighted by molar-refractivity contribution is 5.83. The second kappa shape index (κ2) is 6.47. The topological polar surface area (TPSA) is 44.0 Å². The Kier molecular flexibility index (Phi) is 4.38. The number of aryl methyl sites for hydroxylation is 3. The van der Waals surface area contributed by atoms with Gasteiger partial charge in [-0.3, -0.25) is 0 Å². The molecule has 0 spiro atoms. The molecule has 0 saturated heterocycles. The number of rotatable bonds is 3. The van der Waals surface area contributed by atoms with Crippen molar-refractivity contribution in [2.45, 2.75) is 32.8 Å². The molecule has 1 N–H and O–H groups in total. The molecule has 3 aromatic carbocycles. The Bertz CT molecular complexity index is 913. The third-order valence-electron chi connectivity index (χ3n) is 4.62. The number of nitrogens with zero attached hydrogens (tertiary/aromatic N) is 1. The van der Waals surface area contributed by atoms with Crippen molar-refractivity contribution in [2.24, 2.45) is 0 Å². The first-order valence-electron chi connectivity index (χ1n) is 8.15. The predicted octanol–water partition coefficient (Wildman–Crippen LogP) is 5.11. The first-order valence-corrected chi connectivity index (χ1v) is 8.15. The Morgan fingerprint density at radius 2 is 1.50 bits per heavy atom. The van der Waals surface area contributed by atoms with Crippen molar-refractivity contribution in [3.8, 4) is 6.07 Å². The summed E-state index contributed by atoms with van der Waals surface area (Å²) in [7, 11) is 0. The summed E-state index contributed by atoms with van der Waals surface area (Å²) in [5.41, 5.74) is 4.94. The minimum Gasteiger partial charge on any atom is -0.387 e. The molecule has 0 heterocycles. The fraction of sp³-hybridized carbons (Fsp3) is 0.227. The van der Waals surface area contributed by atoms with Crippen LogP contribution in [0, 0.1) is 32.1 Å². The molecule has 3 aromatic rings. The van der Waals surface area contributed by atoms with E-state index in [4.69, 9.17) is 0 Å². The Morgan fingerprint density at radius 3 is 2.12 bits per heavy atom. The maximum absolute atomic E-state index is 10.9. The highest BCUT2D eigenvalue weighted by atomic mass is 16.3. The van der Waals surface area contributed by atoms with Crippen LogP contribution in [0.5, 0.6) is 0 Å². The van der Waals surface area contributed by atoms with E-state index in [0.717, 1.165) is 33.0 Å². The molecule has 3 rings (SSSR count). The number of fused-ring (bicyclic) bond motifs is 1. The summed E-state index contributed by atoms with van der Waals surface area (Å²) < 4.78 is 0. The number of benzene rings is 3. The van der Waals surface area contributed by atoms with Gasteiger partial charge < -0.3 is 5.11 Å². The molecule has 0 aromatic heterocycles. The third kappa shape index (κ3) is 2.91. The molecule has 0 bridgehead atoms. The smallest absolute Gasteiger partial charge is 0.101 e. The molecule has 0 fully saturated rings. The van der Waals surface area contributed by atoms with Gasteiger partial charge in [0.05, 0.1) is 12.2 Å². The zero-order chi connectivity index (χ0) is 17.3. The van der Waals surface area contributed by atoms with Crippen molar-refractivity contribution < 1.29 is 5.11 Å². The van der Waals surface area contributed by atoms with E-state index in [1.165, 1.54) is 5.56 Å². The van der Waals surface area contributed by atoms with Crippen molar-refractivity contribution in [1.82, 2.24) is 0 Å². The molecule has 0 radical (unpaired) electrons. The van der Waals surface area contributed by atoms with Crippen LogP contribution in [0.25, 0.3) is 10.8 Å². The first-order chi connectivity index (χ1) is 11.5. The molecule has 0 aliphatic heterocycles. The zero-order valence-corrected chi connectivity index (χ0v) is 14.2. The molecule has 2 heteroatoms. The van der Waals surface area contributed by atoms with Crippen molar-refractivity contribution in [3.63, 3.8) is 0 Å². The molecular formula is C22H21NO. The van der Waals surface area contributed by atoms with Crippen molar-refractivity contribution in [2.75, 3.05) is 0 Å². The van der Waals surface area contributed by atoms with Gasteiger partial charge >= 0.3 is 0 Å². The van der Waals surface area contributed by atoms with E-state index >= 15 is 0 Å². The van der Waals surface area contributed by atoms with Gasteiger partial charge in [-0.15, -0.1) is 0 Å². The van der Waals surface area contributed by atoms with Gasteiger partial charge in [0.15, 0.2) is 0 Å². The highest BCUT2D eigenvalue weighted by Crippen LogP contribution is 2.35. The summed E-state index contributed by atoms with van der Waals surface area (Å²) in [5.74, 6) is -0.588. The lowest BCUT2D eigenvalue weighted by atomic mass is 9.85. The Balaban J connectivity index is 2.06. The maximum atomic E-state index is 10.9. The van der Waals surface area contributed by atoms with Crippen LogP contribution >= 0.6 is 0 Å². The second-order valence-electron chi connectivity index (χ2n) is 6.47. The van der Waals surface area contributed by atoms with Gasteiger partial charge in [0.1, 0.15) is 5.92 Å². The van der Waals surface area contributed by atoms with Gasteiger partial charge in [-0.25, -0.2) is 0 Å². The highest BCUT2D eigenvalue weighted by Gasteiger charge is 2.25. The molecular weight excluding hydrogens is 294 g/mol. The molecule has 2 nitrogen and oxygen atoms in total. The molecule has 0 unspecified atom stereocenters. The molecule has 0 saturated carbocycles. The number of aliphatic hydroxyl groups excluding tert-OH is 1. The first kappa shape index (κ1) is 16.2. The van der Waals surface area contributed by atoms with Crippen LogP contribution in [0.3, 0.4) is 0 Å². The monoisotopic (exact) mass is 315 g/mol. The van der Waals surface area contributed by atoms with Gasteiger partial charge in [-0.1, -0.05) is 54.1 Å². The van der Waals surface area contributed by atoms with E-state index in [9.17, 15) is 10.4 Å². The van der Waals surface area contributed by atoms with Crippen LogP contribution in [0.1, 0.15) is 39.8 Å². The number of hydrogen-bond donors (Lipinski definition) is 1. The summed E-state index contributed by atoms with van der Waals surface area (Å²) in [6.45, 7) is 6.03. The Hall–Kier alpha value is -2.63. The number of nitriles is 1. The van der Waals surface area contributed by atoms with Crippen LogP contribution in [0.2, 0.25) is 0 Å². The van der Waals surface area contributed by atoms with Crippen molar-refractivity contribution in [3.05, 3.63) is 82.4 Å². The van der Waals surface area contributed by atoms with Gasteiger partial charge in [-0.2, -0.15) is 5.26 Å². The predicted molar refractivity (Wildman–Crippen MR) is 97.9 cm³/mol. The van der Waals surface area contributed by atoms with Gasteiger partial charge in [-0.05, 0) is 59.9 Å². The van der Waals surface area contributed by atoms with E-state index in [0.29, 0.717) is 0 Å². The molecule has 24 heavy (non-hydrogen) atoms. The second-order valence-corrected chi connectivity index (χ2v) is 6.47. The maximum Gasteiger partial charge on any atom is 0.101 e. The lowest BCUT2D eigenvalue weighted by Crippen LogP contribution is -2.12. The average Bonchev–Trinajstić information content (AvgIpc) is 2.54. The minimum atomic E-state index is -0.836. The van der Waals surface area contributed by atoms with Crippen LogP contribution in [-0.2, 0) is 0 Å². The van der Waals surface area contributed by atoms with E-state index in [1.54, 1.807) is 0 Å². The molecule has 0 amide bonds. The fourth-order valence-electron chi connectivity index (χ4n) is 3.55. The van der Waals surface area contributed by atoms with E-state index in [2.05, 4.69) is 18.2 Å². The summed E-state index contributed by atoms with van der Waals surface area (Å²) in [5, 5.41) is 22.9. The largest absolute Gasteiger partial charge is 0.387 e. The van der Waals surface area contributed by atoms with Crippen molar-refractivity contribution >= 4 is 10.8 Å². The van der Waals surface area contributed by atoms with Crippen LogP contribution in [0.15, 0.2) is 54.6 Å². The standard InChI is InChI=1S/C22H21NO/c1-14-10-15(2)21(16(3)11-14)22(24)20(13-23)19-9-8-17-6-4-5-7-18(17)12-19/h4-12,20,22,24H,1-3H3/t20-,22+/m0/s1. The quantitative estimate of drug-likeness (QED) is 0.730. The summed E-state index contributed by atoms with van der Waals surface area (Å²) in [6, 6.07) is 20.4. The SMILES string of the molecule is Cc1cc(C)c([C@H](O)[C@@H](C#N)c2ccc3ccccc3c2)c(C)c1. The van der Waals surface area contributed by atoms with E-state index in [-0.39, 0.29) is 0 Å². The third-order valence-corrected chi connectivity index (χ3v) is 4.62. The normalized spacial score (nSPS) is 13.5. The molecule has 0 aliphatic carbocycles. The lowest BCUT2D eigenvalue weighted by Gasteiger charge is -2.22.